The van der Waals surface area contributed by atoms with Crippen molar-refractivity contribution in [3.63, 3.8) is 0 Å². The van der Waals surface area contributed by atoms with E-state index in [1.807, 2.05) is 38.2 Å². The number of hydrogen-bond donors (Lipinski definition) is 0. The van der Waals surface area contributed by atoms with E-state index in [1.165, 1.54) is 0 Å². The normalized spacial score (nSPS) is 11.9. The molecule has 0 aliphatic heterocycles. The maximum absolute atomic E-state index is 8.73. The lowest BCUT2D eigenvalue weighted by Crippen LogP contribution is -2.28. The van der Waals surface area contributed by atoms with Gasteiger partial charge in [0.05, 0.1) is 19.1 Å². The number of nitrogens with zero attached hydrogens (tertiary/aromatic N) is 2. The lowest BCUT2D eigenvalue weighted by atomic mass is 10.2. The third-order valence-corrected chi connectivity index (χ3v) is 2.61. The number of benzene rings is 1. The van der Waals surface area contributed by atoms with E-state index in [0.29, 0.717) is 6.61 Å². The molecule has 0 amide bonds. The van der Waals surface area contributed by atoms with E-state index in [1.54, 1.807) is 7.11 Å². The molecule has 0 spiro atoms. The molecule has 0 heterocycles. The molecular weight excluding hydrogens is 228 g/mol. The number of para-hydroxylation sites is 2. The Morgan fingerprint density at radius 3 is 2.61 bits per heavy atom. The fourth-order valence-electron chi connectivity index (χ4n) is 1.65. The van der Waals surface area contributed by atoms with Crippen molar-refractivity contribution in [1.29, 1.82) is 5.26 Å². The van der Waals surface area contributed by atoms with Gasteiger partial charge in [0.15, 0.2) is 11.5 Å². The average Bonchev–Trinajstić information content (AvgIpc) is 2.39. The predicted octanol–water partition coefficient (Wildman–Crippen LogP) is 2.17. The van der Waals surface area contributed by atoms with Gasteiger partial charge in [-0.25, -0.2) is 0 Å². The first-order valence-electron chi connectivity index (χ1n) is 6.01. The van der Waals surface area contributed by atoms with E-state index in [9.17, 15) is 0 Å². The van der Waals surface area contributed by atoms with Gasteiger partial charge in [-0.2, -0.15) is 5.26 Å². The molecule has 98 valence electrons. The van der Waals surface area contributed by atoms with Crippen molar-refractivity contribution >= 4 is 0 Å². The molecule has 0 radical (unpaired) electrons. The van der Waals surface area contributed by atoms with Crippen LogP contribution in [0.25, 0.3) is 0 Å². The molecule has 0 aliphatic carbocycles. The summed E-state index contributed by atoms with van der Waals surface area (Å²) in [5.41, 5.74) is 0. The number of nitriles is 1. The van der Waals surface area contributed by atoms with Gasteiger partial charge in [0, 0.05) is 13.1 Å². The Balaban J connectivity index is 2.35. The monoisotopic (exact) mass is 248 g/mol. The van der Waals surface area contributed by atoms with Gasteiger partial charge in [-0.1, -0.05) is 12.1 Å². The van der Waals surface area contributed by atoms with Crippen LogP contribution in [0.3, 0.4) is 0 Å². The van der Waals surface area contributed by atoms with Gasteiger partial charge in [0.1, 0.15) is 6.61 Å². The third kappa shape index (κ3) is 4.64. The third-order valence-electron chi connectivity index (χ3n) is 2.61. The molecule has 1 unspecified atom stereocenters. The zero-order valence-corrected chi connectivity index (χ0v) is 11.2. The zero-order chi connectivity index (χ0) is 13.4. The summed E-state index contributed by atoms with van der Waals surface area (Å²) in [5.74, 6) is 1.54. The molecule has 1 rings (SSSR count). The first-order valence-corrected chi connectivity index (χ1v) is 6.01. The molecule has 1 atom stereocenters. The molecule has 1 aromatic rings. The van der Waals surface area contributed by atoms with E-state index >= 15 is 0 Å². The van der Waals surface area contributed by atoms with Crippen LogP contribution in [0.4, 0.5) is 0 Å². The molecule has 0 saturated carbocycles. The molecule has 1 aromatic carbocycles. The molecule has 0 bridgehead atoms. The van der Waals surface area contributed by atoms with Gasteiger partial charge in [-0.15, -0.1) is 0 Å². The summed E-state index contributed by atoms with van der Waals surface area (Å²) < 4.78 is 10.9. The van der Waals surface area contributed by atoms with Crippen molar-refractivity contribution in [1.82, 2.24) is 4.90 Å². The maximum atomic E-state index is 8.73. The number of rotatable bonds is 7. The molecule has 18 heavy (non-hydrogen) atoms. The van der Waals surface area contributed by atoms with Crippen molar-refractivity contribution in [2.75, 3.05) is 33.9 Å². The lowest BCUT2D eigenvalue weighted by molar-refractivity contribution is 0.222. The maximum Gasteiger partial charge on any atom is 0.161 e. The molecule has 0 saturated heterocycles. The number of hydrogen-bond acceptors (Lipinski definition) is 4. The first kappa shape index (κ1) is 14.3. The number of likely N-dealkylation sites (N-methyl/N-ethyl adjacent to an activating group) is 1. The molecule has 4 nitrogen and oxygen atoms in total. The Bertz CT molecular complexity index is 401. The second kappa shape index (κ2) is 7.57. The molecule has 0 N–H and O–H groups in total. The van der Waals surface area contributed by atoms with E-state index < -0.39 is 0 Å². The van der Waals surface area contributed by atoms with Crippen molar-refractivity contribution in [3.8, 4) is 17.6 Å². The highest BCUT2D eigenvalue weighted by atomic mass is 16.5. The van der Waals surface area contributed by atoms with Crippen molar-refractivity contribution < 1.29 is 9.47 Å². The Labute approximate surface area is 109 Å². The second-order valence-corrected chi connectivity index (χ2v) is 4.29. The van der Waals surface area contributed by atoms with Crippen LogP contribution < -0.4 is 9.47 Å². The zero-order valence-electron chi connectivity index (χ0n) is 11.2. The Hall–Kier alpha value is -1.73. The summed E-state index contributed by atoms with van der Waals surface area (Å²) >= 11 is 0. The van der Waals surface area contributed by atoms with Crippen molar-refractivity contribution in [3.05, 3.63) is 24.3 Å². The molecule has 0 fully saturated rings. The highest BCUT2D eigenvalue weighted by Crippen LogP contribution is 2.25. The van der Waals surface area contributed by atoms with Crippen LogP contribution in [0.5, 0.6) is 11.5 Å². The minimum absolute atomic E-state index is 0.0428. The second-order valence-electron chi connectivity index (χ2n) is 4.29. The topological polar surface area (TPSA) is 45.5 Å². The van der Waals surface area contributed by atoms with Gasteiger partial charge in [-0.3, -0.25) is 0 Å². The summed E-state index contributed by atoms with van der Waals surface area (Å²) in [4.78, 5) is 2.09. The number of methoxy groups -OCH3 is 1. The standard InChI is InChI=1S/C14H20N2O2/c1-12(10-15)11-16(2)8-9-18-14-7-5-4-6-13(14)17-3/h4-7,12H,8-9,11H2,1-3H3. The summed E-state index contributed by atoms with van der Waals surface area (Å²) in [7, 11) is 3.61. The molecule has 0 aromatic heterocycles. The SMILES string of the molecule is COc1ccccc1OCCN(C)CC(C)C#N. The molecule has 0 aliphatic rings. The highest BCUT2D eigenvalue weighted by molar-refractivity contribution is 5.39. The minimum atomic E-state index is 0.0428. The van der Waals surface area contributed by atoms with Crippen LogP contribution in [0.15, 0.2) is 24.3 Å². The van der Waals surface area contributed by atoms with Crippen molar-refractivity contribution in [2.45, 2.75) is 6.92 Å². The van der Waals surface area contributed by atoms with Crippen LogP contribution in [0.1, 0.15) is 6.92 Å². The number of ether oxygens (including phenoxy) is 2. The summed E-state index contributed by atoms with van der Waals surface area (Å²) in [6.07, 6.45) is 0. The van der Waals surface area contributed by atoms with Crippen LogP contribution >= 0.6 is 0 Å². The van der Waals surface area contributed by atoms with E-state index in [4.69, 9.17) is 14.7 Å². The van der Waals surface area contributed by atoms with Crippen LogP contribution in [-0.2, 0) is 0 Å². The smallest absolute Gasteiger partial charge is 0.161 e. The van der Waals surface area contributed by atoms with Crippen molar-refractivity contribution in [2.24, 2.45) is 5.92 Å². The largest absolute Gasteiger partial charge is 0.493 e. The average molecular weight is 248 g/mol. The summed E-state index contributed by atoms with van der Waals surface area (Å²) in [6.45, 7) is 4.03. The van der Waals surface area contributed by atoms with Gasteiger partial charge in [-0.05, 0) is 26.1 Å². The lowest BCUT2D eigenvalue weighted by Gasteiger charge is -2.18. The Morgan fingerprint density at radius 1 is 1.33 bits per heavy atom. The van der Waals surface area contributed by atoms with Crippen LogP contribution in [0, 0.1) is 17.2 Å². The predicted molar refractivity (Wildman–Crippen MR) is 70.8 cm³/mol. The summed E-state index contributed by atoms with van der Waals surface area (Å²) in [5, 5.41) is 8.73. The van der Waals surface area contributed by atoms with Gasteiger partial charge in [0.2, 0.25) is 0 Å². The van der Waals surface area contributed by atoms with Gasteiger partial charge < -0.3 is 14.4 Å². The minimum Gasteiger partial charge on any atom is -0.493 e. The van der Waals surface area contributed by atoms with Crippen LogP contribution in [-0.4, -0.2) is 38.8 Å². The van der Waals surface area contributed by atoms with E-state index in [-0.39, 0.29) is 5.92 Å². The molecule has 4 heteroatoms. The van der Waals surface area contributed by atoms with Gasteiger partial charge in [0.25, 0.3) is 0 Å². The van der Waals surface area contributed by atoms with E-state index in [2.05, 4.69) is 11.0 Å². The van der Waals surface area contributed by atoms with Gasteiger partial charge >= 0.3 is 0 Å². The Morgan fingerprint density at radius 2 is 2.00 bits per heavy atom. The fourth-order valence-corrected chi connectivity index (χ4v) is 1.65. The highest BCUT2D eigenvalue weighted by Gasteiger charge is 2.06. The Kier molecular flexibility index (Phi) is 6.03. The fraction of sp³-hybridized carbons (Fsp3) is 0.500. The van der Waals surface area contributed by atoms with E-state index in [0.717, 1.165) is 24.6 Å². The quantitative estimate of drug-likeness (QED) is 0.742. The summed E-state index contributed by atoms with van der Waals surface area (Å²) in [6, 6.07) is 9.80. The van der Waals surface area contributed by atoms with Crippen LogP contribution in [0.2, 0.25) is 0 Å². The first-order chi connectivity index (χ1) is 8.67. The molecular formula is C14H20N2O2.